The zero-order valence-corrected chi connectivity index (χ0v) is 39.4. The molecular formula is C41H74N10O14. The monoisotopic (exact) mass is 931 g/mol. The number of carbonyl (C=O) groups excluding carboxylic acids is 9. The van der Waals surface area contributed by atoms with Gasteiger partial charge in [0.25, 0.3) is 0 Å². The first kappa shape index (κ1) is 59.5. The predicted molar refractivity (Wildman–Crippen MR) is 234 cm³/mol. The second-order valence-corrected chi connectivity index (χ2v) is 17.5. The second kappa shape index (κ2) is 27.8. The highest BCUT2D eigenvalue weighted by atomic mass is 16.4. The Morgan fingerprint density at radius 3 is 1.23 bits per heavy atom. The first-order chi connectivity index (χ1) is 29.9. The van der Waals surface area contributed by atoms with Crippen LogP contribution in [0.3, 0.4) is 0 Å². The molecule has 0 unspecified atom stereocenters. The number of hydrogen-bond acceptors (Lipinski definition) is 14. The van der Waals surface area contributed by atoms with Crippen molar-refractivity contribution >= 4 is 59.1 Å². The second-order valence-electron chi connectivity index (χ2n) is 17.5. The largest absolute Gasteiger partial charge is 0.480 e. The summed E-state index contributed by atoms with van der Waals surface area (Å²) in [4.78, 5) is 130. The van der Waals surface area contributed by atoms with Crippen LogP contribution >= 0.6 is 0 Å². The van der Waals surface area contributed by atoms with Gasteiger partial charge < -0.3 is 74.4 Å². The van der Waals surface area contributed by atoms with Gasteiger partial charge in [0.15, 0.2) is 0 Å². The van der Waals surface area contributed by atoms with Gasteiger partial charge in [-0.2, -0.15) is 0 Å². The van der Waals surface area contributed by atoms with Crippen LogP contribution in [0.15, 0.2) is 0 Å². The first-order valence-corrected chi connectivity index (χ1v) is 21.6. The van der Waals surface area contributed by atoms with Gasteiger partial charge in [-0.15, -0.1) is 0 Å². The molecule has 0 heterocycles. The van der Waals surface area contributed by atoms with Gasteiger partial charge in [0.2, 0.25) is 53.2 Å². The van der Waals surface area contributed by atoms with Gasteiger partial charge in [-0.25, -0.2) is 4.79 Å². The summed E-state index contributed by atoms with van der Waals surface area (Å²) in [6.07, 6.45) is -4.77. The highest BCUT2D eigenvalue weighted by Gasteiger charge is 2.38. The summed E-state index contributed by atoms with van der Waals surface area (Å²) in [5.41, 5.74) is 11.0. The van der Waals surface area contributed by atoms with Crippen molar-refractivity contribution in [1.82, 2.24) is 42.5 Å². The quantitative estimate of drug-likeness (QED) is 0.0353. The van der Waals surface area contributed by atoms with Crippen molar-refractivity contribution in [1.29, 1.82) is 0 Å². The molecule has 24 heteroatoms. The Kier molecular flexibility index (Phi) is 25.4. The molecule has 0 saturated carbocycles. The van der Waals surface area contributed by atoms with Crippen molar-refractivity contribution in [2.75, 3.05) is 0 Å². The Bertz CT molecular complexity index is 1670. The molecule has 0 spiro atoms. The minimum Gasteiger partial charge on any atom is -0.480 e. The van der Waals surface area contributed by atoms with Crippen LogP contribution < -0.4 is 54.0 Å². The van der Waals surface area contributed by atoms with Crippen LogP contribution in [-0.4, -0.2) is 152 Å². The van der Waals surface area contributed by atoms with E-state index in [0.29, 0.717) is 6.42 Å². The molecule has 0 aliphatic rings. The van der Waals surface area contributed by atoms with Gasteiger partial charge in [-0.3, -0.25) is 43.2 Å². The fourth-order valence-electron chi connectivity index (χ4n) is 6.06. The number of rotatable bonds is 28. The normalized spacial score (nSPS) is 17.5. The molecule has 16 N–H and O–H groups in total. The van der Waals surface area contributed by atoms with E-state index in [-0.39, 0.29) is 12.3 Å². The molecule has 0 aromatic rings. The molecule has 0 aliphatic carbocycles. The first-order valence-electron chi connectivity index (χ1n) is 21.6. The lowest BCUT2D eigenvalue weighted by Crippen LogP contribution is -2.64. The maximum atomic E-state index is 13.9. The average molecular weight is 931 g/mol. The van der Waals surface area contributed by atoms with Crippen molar-refractivity contribution in [3.8, 4) is 0 Å². The van der Waals surface area contributed by atoms with E-state index >= 15 is 0 Å². The van der Waals surface area contributed by atoms with Gasteiger partial charge in [0, 0.05) is 0 Å². The molecule has 13 atom stereocenters. The van der Waals surface area contributed by atoms with Crippen LogP contribution in [0.1, 0.15) is 102 Å². The summed E-state index contributed by atoms with van der Waals surface area (Å²) < 4.78 is 0. The summed E-state index contributed by atoms with van der Waals surface area (Å²) in [6, 6.07) is -13.2. The average Bonchev–Trinajstić information content (AvgIpc) is 3.19. The van der Waals surface area contributed by atoms with Gasteiger partial charge in [-0.1, -0.05) is 61.8 Å². The number of aliphatic hydroxyl groups is 3. The van der Waals surface area contributed by atoms with Gasteiger partial charge in [-0.05, 0) is 57.8 Å². The fourth-order valence-corrected chi connectivity index (χ4v) is 6.06. The standard InChI is InChI=1S/C41H74N10O14/c1-13-19(8)30(49-35(58)24(14-16(2)3)46-34(57)25(15-26(42)55)45-33(56)20(9)44-36(59)27(43)21(10)52)38(61)51-31(22(11)53)39(62)47-28(17(4)5)37(60)50-32(23(12)54)40(63)48-29(18(6)7)41(64)65/h16-25,27-32,52-54H,13-15,43H2,1-12H3,(H2,42,55)(H,44,59)(H,45,56)(H,46,57)(H,47,62)(H,48,63)(H,49,58)(H,50,60)(H,51,61)(H,64,65)/t19-,20-,21+,22+,23+,24-,25-,27-,28-,29-,30-,31-,32-/m0/s1. The maximum absolute atomic E-state index is 13.9. The summed E-state index contributed by atoms with van der Waals surface area (Å²) in [7, 11) is 0. The van der Waals surface area contributed by atoms with Crippen LogP contribution in [0, 0.1) is 23.7 Å². The van der Waals surface area contributed by atoms with E-state index < -0.39 is 156 Å². The Labute approximate surface area is 379 Å². The Morgan fingerprint density at radius 1 is 0.462 bits per heavy atom. The molecular weight excluding hydrogens is 857 g/mol. The van der Waals surface area contributed by atoms with E-state index in [1.54, 1.807) is 55.4 Å². The lowest BCUT2D eigenvalue weighted by atomic mass is 9.96. The predicted octanol–water partition coefficient (Wildman–Crippen LogP) is -4.28. The summed E-state index contributed by atoms with van der Waals surface area (Å²) in [5, 5.41) is 59.3. The van der Waals surface area contributed by atoms with Crippen molar-refractivity contribution in [3.05, 3.63) is 0 Å². The third-order valence-corrected chi connectivity index (χ3v) is 10.3. The summed E-state index contributed by atoms with van der Waals surface area (Å²) in [6.45, 7) is 17.8. The van der Waals surface area contributed by atoms with E-state index in [1.165, 1.54) is 27.7 Å². The van der Waals surface area contributed by atoms with E-state index in [9.17, 15) is 68.4 Å². The number of carboxylic acids is 1. The number of amides is 9. The topological polar surface area (TPSA) is 400 Å². The van der Waals surface area contributed by atoms with Crippen LogP contribution in [0.4, 0.5) is 0 Å². The van der Waals surface area contributed by atoms with Crippen molar-refractivity contribution in [3.63, 3.8) is 0 Å². The Morgan fingerprint density at radius 2 is 0.846 bits per heavy atom. The number of primary amides is 1. The third-order valence-electron chi connectivity index (χ3n) is 10.3. The number of aliphatic hydroxyl groups excluding tert-OH is 3. The molecule has 0 rings (SSSR count). The lowest BCUT2D eigenvalue weighted by Gasteiger charge is -2.31. The van der Waals surface area contributed by atoms with Crippen molar-refractivity contribution in [2.45, 2.75) is 175 Å². The van der Waals surface area contributed by atoms with E-state index in [2.05, 4.69) is 42.5 Å². The molecule has 24 nitrogen and oxygen atoms in total. The van der Waals surface area contributed by atoms with Crippen molar-refractivity contribution in [2.24, 2.45) is 35.1 Å². The molecule has 9 amide bonds. The molecule has 0 aliphatic heterocycles. The van der Waals surface area contributed by atoms with E-state index in [4.69, 9.17) is 11.5 Å². The fraction of sp³-hybridized carbons (Fsp3) is 0.756. The highest BCUT2D eigenvalue weighted by molar-refractivity contribution is 5.99. The maximum Gasteiger partial charge on any atom is 0.326 e. The number of hydrogen-bond donors (Lipinski definition) is 14. The van der Waals surface area contributed by atoms with E-state index in [1.807, 2.05) is 0 Å². The Balaban J connectivity index is 6.39. The zero-order valence-electron chi connectivity index (χ0n) is 39.4. The molecule has 0 saturated heterocycles. The number of carbonyl (C=O) groups is 10. The van der Waals surface area contributed by atoms with E-state index in [0.717, 1.165) is 0 Å². The lowest BCUT2D eigenvalue weighted by molar-refractivity contribution is -0.144. The smallest absolute Gasteiger partial charge is 0.326 e. The summed E-state index contributed by atoms with van der Waals surface area (Å²) in [5.74, 6) is -12.1. The SMILES string of the molecule is CC[C@H](C)[C@H](NC(=O)[C@H](CC(C)C)NC(=O)[C@H](CC(N)=O)NC(=O)[C@H](C)NC(=O)[C@@H](N)[C@@H](C)O)C(=O)N[C@H](C(=O)N[C@H](C(=O)N[C@H](C(=O)N[C@H](C(=O)O)C(C)C)[C@@H](C)O)C(C)C)[C@@H](C)O. The Hall–Kier alpha value is -5.46. The molecule has 372 valence electrons. The molecule has 0 aromatic heterocycles. The molecule has 0 aromatic carbocycles. The number of carboxylic acid groups (broad SMARTS) is 1. The third kappa shape index (κ3) is 20.1. The molecule has 65 heavy (non-hydrogen) atoms. The number of nitrogens with two attached hydrogens (primary N) is 2. The summed E-state index contributed by atoms with van der Waals surface area (Å²) >= 11 is 0. The van der Waals surface area contributed by atoms with Gasteiger partial charge in [0.05, 0.1) is 24.7 Å². The molecule has 0 bridgehead atoms. The number of aliphatic carboxylic acids is 1. The number of nitrogens with one attached hydrogen (secondary N) is 8. The van der Waals surface area contributed by atoms with Crippen LogP contribution in [0.25, 0.3) is 0 Å². The zero-order chi connectivity index (χ0) is 50.8. The van der Waals surface area contributed by atoms with Gasteiger partial charge in [0.1, 0.15) is 54.4 Å². The minimum atomic E-state index is -1.72. The highest BCUT2D eigenvalue weighted by Crippen LogP contribution is 2.13. The molecule has 0 radical (unpaired) electrons. The van der Waals surface area contributed by atoms with Gasteiger partial charge >= 0.3 is 5.97 Å². The van der Waals surface area contributed by atoms with Crippen LogP contribution in [-0.2, 0) is 47.9 Å². The van der Waals surface area contributed by atoms with Crippen LogP contribution in [0.5, 0.6) is 0 Å². The molecule has 0 fully saturated rings. The van der Waals surface area contributed by atoms with Crippen LogP contribution in [0.2, 0.25) is 0 Å². The minimum absolute atomic E-state index is 0.0137. The van der Waals surface area contributed by atoms with Crippen molar-refractivity contribution < 1.29 is 68.4 Å².